The smallest absolute Gasteiger partial charge is 0.305 e. The van der Waals surface area contributed by atoms with Gasteiger partial charge in [0.15, 0.2) is 0 Å². The summed E-state index contributed by atoms with van der Waals surface area (Å²) in [6, 6.07) is 1.48. The van der Waals surface area contributed by atoms with Crippen LogP contribution < -0.4 is 26.8 Å². The third kappa shape index (κ3) is 14.9. The molecule has 0 radical (unpaired) electrons. The number of amides is 7. The fraction of sp³-hybridized carbons (Fsp3) is 0.615. The number of hydroxylamine groups is 2. The number of nitrogens with zero attached hydrogens (tertiary/aromatic N) is 3. The number of benzene rings is 1. The van der Waals surface area contributed by atoms with Crippen molar-refractivity contribution in [3.05, 3.63) is 35.9 Å². The largest absolute Gasteiger partial charge is 0.481 e. The Kier molecular flexibility index (Phi) is 19.9. The van der Waals surface area contributed by atoms with Gasteiger partial charge in [-0.1, -0.05) is 71.4 Å². The predicted molar refractivity (Wildman–Crippen MR) is 210 cm³/mol. The van der Waals surface area contributed by atoms with Crippen LogP contribution in [0, 0.1) is 11.8 Å². The van der Waals surface area contributed by atoms with Gasteiger partial charge in [0, 0.05) is 26.3 Å². The maximum atomic E-state index is 14.2. The molecule has 0 saturated carbocycles. The third-order valence-electron chi connectivity index (χ3n) is 9.90. The highest BCUT2D eigenvalue weighted by molar-refractivity contribution is 5.97. The Balaban J connectivity index is 2.35. The number of hydrogen-bond donors (Lipinski definition) is 8. The maximum absolute atomic E-state index is 14.2. The van der Waals surface area contributed by atoms with E-state index in [1.165, 1.54) is 11.8 Å². The molecule has 0 aliphatic carbocycles. The van der Waals surface area contributed by atoms with Crippen LogP contribution in [-0.4, -0.2) is 121 Å². The molecule has 1 heterocycles. The molecule has 1 unspecified atom stereocenters. The molecule has 0 bridgehead atoms. The van der Waals surface area contributed by atoms with Gasteiger partial charge in [0.25, 0.3) is 17.7 Å². The van der Waals surface area contributed by atoms with Crippen LogP contribution in [0.5, 0.6) is 0 Å². The van der Waals surface area contributed by atoms with E-state index < -0.39 is 115 Å². The van der Waals surface area contributed by atoms with Crippen LogP contribution in [0.15, 0.2) is 30.3 Å². The Labute approximate surface area is 343 Å². The van der Waals surface area contributed by atoms with Gasteiger partial charge in [-0.3, -0.25) is 48.4 Å². The van der Waals surface area contributed by atoms with Crippen molar-refractivity contribution in [2.75, 3.05) is 6.54 Å². The summed E-state index contributed by atoms with van der Waals surface area (Å²) < 4.78 is 0. The molecule has 1 aromatic rings. The molecule has 59 heavy (non-hydrogen) atoms. The van der Waals surface area contributed by atoms with Crippen LogP contribution in [0.3, 0.4) is 0 Å². The minimum absolute atomic E-state index is 0.0558. The number of rotatable bonds is 22. The zero-order valence-corrected chi connectivity index (χ0v) is 34.7. The van der Waals surface area contributed by atoms with E-state index in [4.69, 9.17) is 0 Å². The first-order valence-corrected chi connectivity index (χ1v) is 19.8. The van der Waals surface area contributed by atoms with Gasteiger partial charge in [-0.25, -0.2) is 15.9 Å². The van der Waals surface area contributed by atoms with E-state index in [1.54, 1.807) is 20.8 Å². The van der Waals surface area contributed by atoms with Crippen LogP contribution in [0.1, 0.15) is 111 Å². The van der Waals surface area contributed by atoms with E-state index in [2.05, 4.69) is 26.8 Å². The lowest BCUT2D eigenvalue weighted by Gasteiger charge is -2.35. The van der Waals surface area contributed by atoms with Crippen LogP contribution in [0.4, 0.5) is 0 Å². The monoisotopic (exact) mass is 832 g/mol. The summed E-state index contributed by atoms with van der Waals surface area (Å²) >= 11 is 0. The average molecular weight is 833 g/mol. The van der Waals surface area contributed by atoms with Crippen LogP contribution >= 0.6 is 0 Å². The molecule has 2 rings (SSSR count). The van der Waals surface area contributed by atoms with Gasteiger partial charge >= 0.3 is 11.9 Å². The standard InChI is InChI=1S/C39H60N8O12/c1-8-14-30(49)47(43-24(6)26-15-11-10-12-16-26)44-36(55)29-17-13-20-45(29)39(58)33(22(3)4)42-37(56)34(23(5)9-2)46(59)38(57)27(18-19-31(50)51)41-35(54)28(21-32(52)53)40-25(7)48/h10-12,15-16,22-24,27-29,33-34,43,59H,8-9,13-14,17-21H2,1-7H3,(H,40,48)(H,41,54)(H,42,56)(H,44,55)(H,50,51)(H,52,53)/t23?,24-,27+,28-,29-,33-,34-/m0/s1. The van der Waals surface area contributed by atoms with Gasteiger partial charge in [0.05, 0.1) is 12.5 Å². The van der Waals surface area contributed by atoms with Crippen LogP contribution in [0.25, 0.3) is 0 Å². The lowest BCUT2D eigenvalue weighted by atomic mass is 9.95. The number of carboxylic acids is 2. The van der Waals surface area contributed by atoms with Crippen LogP contribution in [-0.2, 0) is 43.2 Å². The second-order valence-corrected chi connectivity index (χ2v) is 15.0. The quantitative estimate of drug-likeness (QED) is 0.0599. The van der Waals surface area contributed by atoms with E-state index in [-0.39, 0.29) is 36.9 Å². The Hall–Kier alpha value is -5.63. The second kappa shape index (κ2) is 23.7. The zero-order valence-electron chi connectivity index (χ0n) is 34.7. The summed E-state index contributed by atoms with van der Waals surface area (Å²) in [6.45, 7) is 11.3. The molecule has 328 valence electrons. The van der Waals surface area contributed by atoms with E-state index in [0.717, 1.165) is 17.6 Å². The summed E-state index contributed by atoms with van der Waals surface area (Å²) in [5.74, 6) is -10.0. The van der Waals surface area contributed by atoms with Crippen molar-refractivity contribution in [1.29, 1.82) is 0 Å². The minimum atomic E-state index is -1.78. The first-order valence-electron chi connectivity index (χ1n) is 19.8. The Morgan fingerprint density at radius 1 is 0.847 bits per heavy atom. The lowest BCUT2D eigenvalue weighted by molar-refractivity contribution is -0.187. The van der Waals surface area contributed by atoms with E-state index in [0.29, 0.717) is 12.8 Å². The molecular formula is C39H60N8O12. The number of likely N-dealkylation sites (tertiary alicyclic amines) is 1. The van der Waals surface area contributed by atoms with Crippen molar-refractivity contribution >= 4 is 53.3 Å². The Morgan fingerprint density at radius 2 is 1.49 bits per heavy atom. The summed E-state index contributed by atoms with van der Waals surface area (Å²) in [5.41, 5.74) is 6.51. The van der Waals surface area contributed by atoms with Gasteiger partial charge in [0.2, 0.25) is 23.6 Å². The first-order chi connectivity index (χ1) is 27.7. The first kappa shape index (κ1) is 49.5. The molecule has 20 heteroatoms. The van der Waals surface area contributed by atoms with Gasteiger partial charge in [0.1, 0.15) is 30.2 Å². The highest BCUT2D eigenvalue weighted by atomic mass is 16.5. The molecule has 1 fully saturated rings. The summed E-state index contributed by atoms with van der Waals surface area (Å²) in [6.07, 6.45) is -0.601. The number of carboxylic acid groups (broad SMARTS) is 2. The van der Waals surface area contributed by atoms with Crippen molar-refractivity contribution in [3.63, 3.8) is 0 Å². The number of carbonyl (C=O) groups is 9. The van der Waals surface area contributed by atoms with Gasteiger partial charge in [-0.15, -0.1) is 0 Å². The summed E-state index contributed by atoms with van der Waals surface area (Å²) in [4.78, 5) is 118. The number of aliphatic carboxylic acids is 2. The molecule has 1 aliphatic heterocycles. The Morgan fingerprint density at radius 3 is 2.03 bits per heavy atom. The fourth-order valence-electron chi connectivity index (χ4n) is 6.48. The molecule has 7 atom stereocenters. The number of carbonyl (C=O) groups excluding carboxylic acids is 7. The zero-order chi connectivity index (χ0) is 44.6. The van der Waals surface area contributed by atoms with Crippen molar-refractivity contribution in [2.24, 2.45) is 11.8 Å². The molecule has 0 spiro atoms. The molecule has 20 nitrogen and oxygen atoms in total. The van der Waals surface area contributed by atoms with Gasteiger partial charge in [-0.2, -0.15) is 5.12 Å². The van der Waals surface area contributed by atoms with Crippen molar-refractivity contribution in [3.8, 4) is 0 Å². The molecule has 1 aromatic carbocycles. The van der Waals surface area contributed by atoms with Gasteiger partial charge in [-0.05, 0) is 50.0 Å². The second-order valence-electron chi connectivity index (χ2n) is 15.0. The summed E-state index contributed by atoms with van der Waals surface area (Å²) in [5, 5.41) is 37.9. The normalized spacial score (nSPS) is 16.7. The fourth-order valence-corrected chi connectivity index (χ4v) is 6.48. The minimum Gasteiger partial charge on any atom is -0.481 e. The SMILES string of the molecule is CCCC(=O)N(NC(=O)[C@@H]1CCCN1C(=O)[C@@H](NC(=O)[C@H](C(C)CC)N(O)C(=O)[C@@H](CCC(=O)O)NC(=O)[C@H](CC(=O)O)NC(C)=O)C(C)C)N[C@@H](C)c1ccccc1. The molecule has 7 amide bonds. The maximum Gasteiger partial charge on any atom is 0.305 e. The van der Waals surface area contributed by atoms with Crippen LogP contribution in [0.2, 0.25) is 0 Å². The topological polar surface area (TPSA) is 284 Å². The van der Waals surface area contributed by atoms with Crippen molar-refractivity contribution < 1.29 is 58.6 Å². The third-order valence-corrected chi connectivity index (χ3v) is 9.90. The number of hydrazine groups is 2. The Bertz CT molecular complexity index is 1640. The molecule has 8 N–H and O–H groups in total. The molecule has 0 aromatic heterocycles. The predicted octanol–water partition coefficient (Wildman–Crippen LogP) is 1.01. The molecular weight excluding hydrogens is 772 g/mol. The highest BCUT2D eigenvalue weighted by Gasteiger charge is 2.43. The van der Waals surface area contributed by atoms with Crippen molar-refractivity contribution in [2.45, 2.75) is 136 Å². The average Bonchev–Trinajstić information content (AvgIpc) is 3.67. The highest BCUT2D eigenvalue weighted by Crippen LogP contribution is 2.23. The molecule has 1 saturated heterocycles. The lowest BCUT2D eigenvalue weighted by Crippen LogP contribution is -2.62. The van der Waals surface area contributed by atoms with E-state index in [1.807, 2.05) is 44.2 Å². The van der Waals surface area contributed by atoms with E-state index in [9.17, 15) is 58.6 Å². The van der Waals surface area contributed by atoms with Gasteiger partial charge < -0.3 is 31.1 Å². The number of nitrogens with one attached hydrogen (secondary N) is 5. The van der Waals surface area contributed by atoms with E-state index >= 15 is 0 Å². The number of hydrogen-bond acceptors (Lipinski definition) is 11. The summed E-state index contributed by atoms with van der Waals surface area (Å²) in [7, 11) is 0. The molecule has 1 aliphatic rings. The van der Waals surface area contributed by atoms with Crippen molar-refractivity contribution in [1.82, 2.24) is 41.9 Å².